The molecule has 0 heterocycles. The highest BCUT2D eigenvalue weighted by atomic mass is 19.3. The minimum absolute atomic E-state index is 0.0177. The summed E-state index contributed by atoms with van der Waals surface area (Å²) in [6.07, 6.45) is -0.649. The Labute approximate surface area is 213 Å². The van der Waals surface area contributed by atoms with Crippen molar-refractivity contribution in [1.29, 1.82) is 0 Å². The van der Waals surface area contributed by atoms with Crippen LogP contribution in [0.1, 0.15) is 29.0 Å². The minimum Gasteiger partial charge on any atom is -0.494 e. The molecule has 0 aromatic heterocycles. The molecule has 195 valence electrons. The van der Waals surface area contributed by atoms with Crippen LogP contribution in [-0.2, 0) is 15.6 Å². The van der Waals surface area contributed by atoms with E-state index in [1.54, 1.807) is 18.2 Å². The number of alkyl halides is 3. The van der Waals surface area contributed by atoms with Crippen LogP contribution in [0.3, 0.4) is 0 Å². The van der Waals surface area contributed by atoms with Crippen LogP contribution in [0.25, 0.3) is 6.08 Å². The van der Waals surface area contributed by atoms with Crippen molar-refractivity contribution in [2.45, 2.75) is 18.4 Å². The number of hydrogen-bond donors (Lipinski definition) is 2. The normalized spacial score (nSPS) is 12.3. The second kappa shape index (κ2) is 12.7. The van der Waals surface area contributed by atoms with E-state index in [1.807, 2.05) is 0 Å². The summed E-state index contributed by atoms with van der Waals surface area (Å²) < 4.78 is 56.6. The molecule has 9 heteroatoms. The summed E-state index contributed by atoms with van der Waals surface area (Å²) in [6, 6.07) is 15.9. The summed E-state index contributed by atoms with van der Waals surface area (Å²) in [4.78, 5) is 12.1. The number of ether oxygens (including phenoxy) is 3. The molecule has 3 aromatic carbocycles. The van der Waals surface area contributed by atoms with Gasteiger partial charge in [0, 0.05) is 29.8 Å². The van der Waals surface area contributed by atoms with Gasteiger partial charge < -0.3 is 25.7 Å². The number of esters is 1. The van der Waals surface area contributed by atoms with Crippen LogP contribution >= 0.6 is 0 Å². The number of carbonyl (C=O) groups is 1. The lowest BCUT2D eigenvalue weighted by atomic mass is 10.00. The number of rotatable bonds is 12. The molecule has 0 aliphatic rings. The van der Waals surface area contributed by atoms with E-state index in [1.165, 1.54) is 60.7 Å². The summed E-state index contributed by atoms with van der Waals surface area (Å²) in [6.45, 7) is 3.62. The first-order valence-corrected chi connectivity index (χ1v) is 11.5. The van der Waals surface area contributed by atoms with Crippen LogP contribution in [0.2, 0.25) is 0 Å². The van der Waals surface area contributed by atoms with Crippen molar-refractivity contribution in [3.05, 3.63) is 96.4 Å². The molecule has 4 N–H and O–H groups in total. The number of halogens is 3. The third-order valence-electron chi connectivity index (χ3n) is 5.25. The quantitative estimate of drug-likeness (QED) is 0.136. The molecule has 1 radical (unpaired) electrons. The molecule has 0 saturated carbocycles. The summed E-state index contributed by atoms with van der Waals surface area (Å²) in [5, 5.41) is 0. The molecular formula is C28H28F3N2O4. The van der Waals surface area contributed by atoms with Crippen LogP contribution in [0.15, 0.2) is 72.8 Å². The number of anilines is 2. The maximum atomic E-state index is 14.5. The van der Waals surface area contributed by atoms with E-state index in [-0.39, 0.29) is 36.9 Å². The molecule has 0 fully saturated rings. The van der Waals surface area contributed by atoms with Gasteiger partial charge in [-0.2, -0.15) is 8.78 Å². The van der Waals surface area contributed by atoms with Gasteiger partial charge in [0.25, 0.3) is 0 Å². The van der Waals surface area contributed by atoms with Crippen molar-refractivity contribution in [1.82, 2.24) is 0 Å². The van der Waals surface area contributed by atoms with E-state index in [0.29, 0.717) is 22.7 Å². The largest absolute Gasteiger partial charge is 0.494 e. The Morgan fingerprint density at radius 1 is 1.00 bits per heavy atom. The van der Waals surface area contributed by atoms with Crippen molar-refractivity contribution in [2.24, 2.45) is 0 Å². The smallest absolute Gasteiger partial charge is 0.426 e. The molecular weight excluding hydrogens is 485 g/mol. The predicted octanol–water partition coefficient (Wildman–Crippen LogP) is 5.89. The summed E-state index contributed by atoms with van der Waals surface area (Å²) in [7, 11) is 0. The van der Waals surface area contributed by atoms with Gasteiger partial charge in [0.1, 0.15) is 11.5 Å². The number of nitrogens with two attached hydrogens (primary N) is 2. The molecule has 3 aromatic rings. The molecule has 1 atom stereocenters. The van der Waals surface area contributed by atoms with Crippen LogP contribution in [0.5, 0.6) is 11.5 Å². The first-order valence-electron chi connectivity index (χ1n) is 11.5. The number of nitrogen functional groups attached to an aromatic ring is 2. The second-order valence-corrected chi connectivity index (χ2v) is 8.15. The van der Waals surface area contributed by atoms with Gasteiger partial charge in [-0.15, -0.1) is 0 Å². The van der Waals surface area contributed by atoms with Crippen LogP contribution < -0.4 is 20.9 Å². The topological polar surface area (TPSA) is 96.8 Å². The maximum absolute atomic E-state index is 14.5. The van der Waals surface area contributed by atoms with E-state index < -0.39 is 18.8 Å². The molecule has 0 bridgehead atoms. The Kier molecular flexibility index (Phi) is 9.43. The summed E-state index contributed by atoms with van der Waals surface area (Å²) in [5.41, 5.74) is 13.5. The maximum Gasteiger partial charge on any atom is 0.426 e. The number of benzene rings is 3. The molecule has 6 nitrogen and oxygen atoms in total. The van der Waals surface area contributed by atoms with Gasteiger partial charge in [-0.1, -0.05) is 18.2 Å². The molecule has 37 heavy (non-hydrogen) atoms. The van der Waals surface area contributed by atoms with E-state index in [4.69, 9.17) is 25.7 Å². The van der Waals surface area contributed by atoms with Crippen LogP contribution in [0, 0.1) is 6.92 Å². The molecule has 0 aliphatic carbocycles. The van der Waals surface area contributed by atoms with Gasteiger partial charge in [0.2, 0.25) is 0 Å². The highest BCUT2D eigenvalue weighted by Crippen LogP contribution is 2.32. The van der Waals surface area contributed by atoms with Crippen LogP contribution in [0.4, 0.5) is 24.5 Å². The molecule has 1 unspecified atom stereocenters. The van der Waals surface area contributed by atoms with Gasteiger partial charge >= 0.3 is 12.1 Å². The van der Waals surface area contributed by atoms with Crippen LogP contribution in [-0.4, -0.2) is 25.9 Å². The Bertz CT molecular complexity index is 1200. The second-order valence-electron chi connectivity index (χ2n) is 8.15. The Balaban J connectivity index is 1.51. The minimum atomic E-state index is -3.59. The summed E-state index contributed by atoms with van der Waals surface area (Å²) in [5.74, 6) is -0.662. The molecule has 0 amide bonds. The van der Waals surface area contributed by atoms with E-state index in [2.05, 4.69) is 6.92 Å². The van der Waals surface area contributed by atoms with Gasteiger partial charge in [0.15, 0.2) is 0 Å². The zero-order chi connectivity index (χ0) is 26.8. The van der Waals surface area contributed by atoms with E-state index in [9.17, 15) is 18.0 Å². The Morgan fingerprint density at radius 2 is 1.68 bits per heavy atom. The standard InChI is InChI=1S/C28H28F3N2O4/c1-19(25-13-8-22(32)17-26(25)33)18-36-27(34)14-5-20-3-9-24(10-4-20)37-28(30,31)21-6-11-23(12-7-21)35-16-2-15-29/h3-14,17,19H,1-2,15-16,18,32-33H2/b14-5+. The van der Waals surface area contributed by atoms with Crippen molar-refractivity contribution < 1.29 is 32.2 Å². The average Bonchev–Trinajstić information content (AvgIpc) is 2.87. The van der Waals surface area contributed by atoms with Crippen molar-refractivity contribution >= 4 is 23.4 Å². The van der Waals surface area contributed by atoms with E-state index >= 15 is 0 Å². The SMILES string of the molecule is [CH2]C(COC(=O)/C=C/c1ccc(OC(F)(F)c2ccc(OCCCF)cc2)cc1)c1ccc(N)cc1N. The Morgan fingerprint density at radius 3 is 2.32 bits per heavy atom. The fourth-order valence-corrected chi connectivity index (χ4v) is 3.29. The van der Waals surface area contributed by atoms with Gasteiger partial charge in [-0.25, -0.2) is 4.79 Å². The zero-order valence-corrected chi connectivity index (χ0v) is 20.0. The van der Waals surface area contributed by atoms with E-state index in [0.717, 1.165) is 5.56 Å². The lowest BCUT2D eigenvalue weighted by Crippen LogP contribution is -2.21. The van der Waals surface area contributed by atoms with Crippen molar-refractivity contribution in [3.63, 3.8) is 0 Å². The third-order valence-corrected chi connectivity index (χ3v) is 5.25. The number of carbonyl (C=O) groups excluding carboxylic acids is 1. The third kappa shape index (κ3) is 8.20. The van der Waals surface area contributed by atoms with Gasteiger partial charge in [0.05, 0.1) is 25.5 Å². The fourth-order valence-electron chi connectivity index (χ4n) is 3.29. The lowest BCUT2D eigenvalue weighted by Gasteiger charge is -2.18. The van der Waals surface area contributed by atoms with Crippen molar-refractivity contribution in [2.75, 3.05) is 31.4 Å². The predicted molar refractivity (Wildman–Crippen MR) is 137 cm³/mol. The molecule has 3 rings (SSSR count). The van der Waals surface area contributed by atoms with Gasteiger partial charge in [-0.3, -0.25) is 4.39 Å². The first-order chi connectivity index (χ1) is 17.7. The highest BCUT2D eigenvalue weighted by Gasteiger charge is 2.34. The summed E-state index contributed by atoms with van der Waals surface area (Å²) >= 11 is 0. The number of hydrogen-bond acceptors (Lipinski definition) is 6. The lowest BCUT2D eigenvalue weighted by molar-refractivity contribution is -0.185. The molecule has 0 aliphatic heterocycles. The fraction of sp³-hybridized carbons (Fsp3) is 0.214. The van der Waals surface area contributed by atoms with Gasteiger partial charge in [-0.05, 0) is 72.7 Å². The Hall–Kier alpha value is -4.14. The first kappa shape index (κ1) is 27.4. The average molecular weight is 514 g/mol. The highest BCUT2D eigenvalue weighted by molar-refractivity contribution is 5.87. The monoisotopic (exact) mass is 513 g/mol. The molecule has 0 saturated heterocycles. The van der Waals surface area contributed by atoms with Crippen molar-refractivity contribution in [3.8, 4) is 11.5 Å². The zero-order valence-electron chi connectivity index (χ0n) is 20.0. The molecule has 0 spiro atoms.